The van der Waals surface area contributed by atoms with Crippen LogP contribution in [0.25, 0.3) is 60.8 Å². The van der Waals surface area contributed by atoms with Crippen molar-refractivity contribution in [1.82, 2.24) is 14.1 Å². The quantitative estimate of drug-likeness (QED) is 0.199. The normalized spacial score (nSPS) is 18.7. The fourth-order valence-electron chi connectivity index (χ4n) is 9.43. The molecule has 3 aromatic carbocycles. The number of rotatable bonds is 2. The van der Waals surface area contributed by atoms with E-state index in [9.17, 15) is 0 Å². The number of benzene rings is 3. The molecule has 0 bridgehead atoms. The van der Waals surface area contributed by atoms with Crippen LogP contribution in [0.5, 0.6) is 0 Å². The van der Waals surface area contributed by atoms with Gasteiger partial charge in [0.05, 0.1) is 27.6 Å². The Hall–Kier alpha value is -4.63. The highest BCUT2D eigenvalue weighted by Crippen LogP contribution is 2.56. The Kier molecular flexibility index (Phi) is 5.25. The van der Waals surface area contributed by atoms with Crippen LogP contribution in [0.3, 0.4) is 0 Å². The van der Waals surface area contributed by atoms with Crippen LogP contribution < -0.4 is 0 Å². The third-order valence-electron chi connectivity index (χ3n) is 11.3. The summed E-state index contributed by atoms with van der Waals surface area (Å²) >= 11 is 0. The number of nitrogens with zero attached hydrogens (tertiary/aromatic N) is 3. The molecule has 6 aromatic rings. The molecule has 3 nitrogen and oxygen atoms in total. The molecule has 4 aliphatic rings. The fraction of sp³-hybridized carbons (Fsp3) is 0.262. The molecule has 0 fully saturated rings. The highest BCUT2D eigenvalue weighted by molar-refractivity contribution is 6.17. The summed E-state index contributed by atoms with van der Waals surface area (Å²) in [6.45, 7) is 4.99. The van der Waals surface area contributed by atoms with Crippen LogP contribution >= 0.6 is 0 Å². The standard InChI is InChI=1S/C42H37N3/c1-42(2)32-21-11-8-18-29(32)38-39(42)28-17-7-6-16-27(28)37-30-19-9-12-22-33(30)45(41(37)38)36-25-24-35-40(43-36)31-20-10-13-23-34(31)44(35)26-14-4-3-5-15-26/h3-4,8-10,12-14,18-20,22-25H,5-7,11,15-17,21H2,1-2H3. The Labute approximate surface area is 263 Å². The predicted molar refractivity (Wildman–Crippen MR) is 189 cm³/mol. The summed E-state index contributed by atoms with van der Waals surface area (Å²) in [5.41, 5.74) is 16.9. The van der Waals surface area contributed by atoms with Gasteiger partial charge < -0.3 is 4.57 Å². The zero-order valence-corrected chi connectivity index (χ0v) is 26.2. The molecule has 0 saturated heterocycles. The molecule has 0 amide bonds. The fourth-order valence-corrected chi connectivity index (χ4v) is 9.43. The van der Waals surface area contributed by atoms with Gasteiger partial charge in [0.25, 0.3) is 0 Å². The number of allylic oxidation sites excluding steroid dienone is 8. The minimum absolute atomic E-state index is 0.0410. The van der Waals surface area contributed by atoms with E-state index in [1.807, 2.05) is 0 Å². The van der Waals surface area contributed by atoms with Gasteiger partial charge in [-0.05, 0) is 104 Å². The van der Waals surface area contributed by atoms with E-state index in [2.05, 4.69) is 114 Å². The lowest BCUT2D eigenvalue weighted by atomic mass is 9.73. The average molecular weight is 584 g/mol. The minimum Gasteiger partial charge on any atom is -0.311 e. The number of fused-ring (bicyclic) bond motifs is 12. The smallest absolute Gasteiger partial charge is 0.138 e. The molecule has 3 heteroatoms. The maximum atomic E-state index is 5.60. The largest absolute Gasteiger partial charge is 0.311 e. The maximum Gasteiger partial charge on any atom is 0.138 e. The van der Waals surface area contributed by atoms with Gasteiger partial charge in [-0.3, -0.25) is 4.57 Å². The third kappa shape index (κ3) is 3.34. The molecule has 4 aliphatic carbocycles. The molecule has 0 unspecified atom stereocenters. The topological polar surface area (TPSA) is 22.8 Å². The van der Waals surface area contributed by atoms with E-state index < -0.39 is 0 Å². The molecule has 0 radical (unpaired) electrons. The van der Waals surface area contributed by atoms with Crippen LogP contribution in [0.1, 0.15) is 74.6 Å². The lowest BCUT2D eigenvalue weighted by Gasteiger charge is -2.31. The number of pyridine rings is 1. The number of para-hydroxylation sites is 2. The number of aromatic nitrogens is 3. The van der Waals surface area contributed by atoms with E-state index in [-0.39, 0.29) is 5.41 Å². The average Bonchev–Trinajstić information content (AvgIpc) is 3.69. The summed E-state index contributed by atoms with van der Waals surface area (Å²) in [6, 6.07) is 22.5. The molecule has 0 saturated carbocycles. The van der Waals surface area contributed by atoms with Gasteiger partial charge in [0, 0.05) is 32.8 Å². The van der Waals surface area contributed by atoms with Gasteiger partial charge in [-0.15, -0.1) is 0 Å². The van der Waals surface area contributed by atoms with Crippen molar-refractivity contribution in [3.63, 3.8) is 0 Å². The van der Waals surface area contributed by atoms with Crippen molar-refractivity contribution in [2.75, 3.05) is 0 Å². The molecule has 0 aliphatic heterocycles. The Bertz CT molecular complexity index is 2400. The lowest BCUT2D eigenvalue weighted by molar-refractivity contribution is 0.587. The van der Waals surface area contributed by atoms with E-state index in [0.717, 1.165) is 43.4 Å². The number of hydrogen-bond donors (Lipinski definition) is 0. The first-order valence-electron chi connectivity index (χ1n) is 16.9. The molecule has 3 heterocycles. The summed E-state index contributed by atoms with van der Waals surface area (Å²) in [4.78, 5) is 5.60. The Morgan fingerprint density at radius 2 is 1.47 bits per heavy atom. The van der Waals surface area contributed by atoms with Gasteiger partial charge in [-0.1, -0.05) is 80.1 Å². The summed E-state index contributed by atoms with van der Waals surface area (Å²) < 4.78 is 4.97. The predicted octanol–water partition coefficient (Wildman–Crippen LogP) is 10.8. The highest BCUT2D eigenvalue weighted by Gasteiger charge is 2.43. The third-order valence-corrected chi connectivity index (χ3v) is 11.3. The second-order valence-corrected chi connectivity index (χ2v) is 14.0. The van der Waals surface area contributed by atoms with Gasteiger partial charge in [-0.2, -0.15) is 0 Å². The second-order valence-electron chi connectivity index (χ2n) is 14.0. The Balaban J connectivity index is 1.36. The van der Waals surface area contributed by atoms with Crippen molar-refractivity contribution in [3.05, 3.63) is 119 Å². The van der Waals surface area contributed by atoms with Crippen LogP contribution in [0.4, 0.5) is 0 Å². The molecule has 0 N–H and O–H groups in total. The molecule has 10 rings (SSSR count). The molecule has 45 heavy (non-hydrogen) atoms. The zero-order valence-electron chi connectivity index (χ0n) is 26.2. The molecule has 220 valence electrons. The van der Waals surface area contributed by atoms with E-state index in [0.29, 0.717) is 0 Å². The van der Waals surface area contributed by atoms with Gasteiger partial charge in [-0.25, -0.2) is 4.98 Å². The molecular weight excluding hydrogens is 546 g/mol. The van der Waals surface area contributed by atoms with Crippen LogP contribution in [-0.2, 0) is 18.3 Å². The highest BCUT2D eigenvalue weighted by atomic mass is 15.1. The van der Waals surface area contributed by atoms with Crippen LogP contribution in [0.2, 0.25) is 0 Å². The number of hydrogen-bond acceptors (Lipinski definition) is 1. The minimum atomic E-state index is 0.0410. The first kappa shape index (κ1) is 25.7. The van der Waals surface area contributed by atoms with Crippen LogP contribution in [0.15, 0.2) is 96.6 Å². The van der Waals surface area contributed by atoms with Crippen molar-refractivity contribution in [2.24, 2.45) is 0 Å². The van der Waals surface area contributed by atoms with Gasteiger partial charge in [0.15, 0.2) is 0 Å². The van der Waals surface area contributed by atoms with Gasteiger partial charge in [0.1, 0.15) is 5.82 Å². The molecular formula is C42H37N3. The van der Waals surface area contributed by atoms with Crippen molar-refractivity contribution < 1.29 is 0 Å². The van der Waals surface area contributed by atoms with Gasteiger partial charge >= 0.3 is 0 Å². The van der Waals surface area contributed by atoms with Crippen molar-refractivity contribution in [2.45, 2.75) is 70.6 Å². The van der Waals surface area contributed by atoms with E-state index in [1.165, 1.54) is 74.3 Å². The molecule has 0 spiro atoms. The van der Waals surface area contributed by atoms with Crippen molar-refractivity contribution in [1.29, 1.82) is 0 Å². The lowest BCUT2D eigenvalue weighted by Crippen LogP contribution is -2.22. The van der Waals surface area contributed by atoms with E-state index >= 15 is 0 Å². The van der Waals surface area contributed by atoms with Crippen LogP contribution in [0, 0.1) is 0 Å². The summed E-state index contributed by atoms with van der Waals surface area (Å²) in [6.07, 6.45) is 20.9. The monoisotopic (exact) mass is 583 g/mol. The molecule has 0 atom stereocenters. The van der Waals surface area contributed by atoms with Gasteiger partial charge in [0.2, 0.25) is 0 Å². The first-order chi connectivity index (χ1) is 22.1. The van der Waals surface area contributed by atoms with Crippen molar-refractivity contribution >= 4 is 55.0 Å². The SMILES string of the molecule is CC1(C)C2=C(C=CCC2)c2c1c1c(c3c4ccccc4n(-c4ccc5c(n4)c4ccccc4n5C4=CC=CCC4)c23)CCCC1. The second kappa shape index (κ2) is 9.20. The Morgan fingerprint density at radius 3 is 2.29 bits per heavy atom. The Morgan fingerprint density at radius 1 is 0.711 bits per heavy atom. The summed E-state index contributed by atoms with van der Waals surface area (Å²) in [7, 11) is 0. The first-order valence-corrected chi connectivity index (χ1v) is 16.9. The van der Waals surface area contributed by atoms with E-state index in [1.54, 1.807) is 22.3 Å². The summed E-state index contributed by atoms with van der Waals surface area (Å²) in [5.74, 6) is 1.01. The summed E-state index contributed by atoms with van der Waals surface area (Å²) in [5, 5.41) is 4.05. The zero-order chi connectivity index (χ0) is 29.9. The maximum absolute atomic E-state index is 5.60. The van der Waals surface area contributed by atoms with Crippen molar-refractivity contribution in [3.8, 4) is 5.82 Å². The van der Waals surface area contributed by atoms with E-state index in [4.69, 9.17) is 4.98 Å². The van der Waals surface area contributed by atoms with Crippen LogP contribution in [-0.4, -0.2) is 14.1 Å². The number of aryl methyl sites for hydroxylation is 1. The molecule has 3 aromatic heterocycles.